The highest BCUT2D eigenvalue weighted by Gasteiger charge is 2.43. The van der Waals surface area contributed by atoms with Gasteiger partial charge in [0.05, 0.1) is 19.8 Å². The van der Waals surface area contributed by atoms with Crippen LogP contribution in [0.15, 0.2) is 17.0 Å². The quantitative estimate of drug-likeness (QED) is 0.555. The molecule has 1 aromatic rings. The van der Waals surface area contributed by atoms with E-state index in [9.17, 15) is 18.0 Å². The van der Waals surface area contributed by atoms with E-state index in [1.807, 2.05) is 0 Å². The molecule has 0 radical (unpaired) electrons. The molecular formula is C21H32N2O6S. The molecular weight excluding hydrogens is 408 g/mol. The van der Waals surface area contributed by atoms with Crippen molar-refractivity contribution in [2.45, 2.75) is 45.4 Å². The number of amides is 2. The van der Waals surface area contributed by atoms with Crippen molar-refractivity contribution in [3.05, 3.63) is 17.7 Å². The van der Waals surface area contributed by atoms with Gasteiger partial charge in [0.2, 0.25) is 5.91 Å². The number of rotatable bonds is 10. The molecule has 1 aliphatic rings. The molecule has 0 aliphatic carbocycles. The van der Waals surface area contributed by atoms with E-state index in [4.69, 9.17) is 9.47 Å². The Kier molecular flexibility index (Phi) is 7.74. The van der Waals surface area contributed by atoms with E-state index in [0.717, 1.165) is 12.8 Å². The predicted molar refractivity (Wildman–Crippen MR) is 113 cm³/mol. The van der Waals surface area contributed by atoms with Gasteiger partial charge in [0, 0.05) is 19.2 Å². The fourth-order valence-electron chi connectivity index (χ4n) is 3.17. The third-order valence-corrected chi connectivity index (χ3v) is 6.86. The zero-order valence-electron chi connectivity index (χ0n) is 18.6. The van der Waals surface area contributed by atoms with Gasteiger partial charge < -0.3 is 14.4 Å². The SMILES string of the molecule is COc1cc2c(cc1OC)S(=O)(=O)N(CC(=O)N(CCC(C)C)CCC(C)C)C2=O. The molecule has 0 spiro atoms. The molecule has 1 aliphatic heterocycles. The van der Waals surface area contributed by atoms with Crippen LogP contribution in [0.4, 0.5) is 0 Å². The number of carbonyl (C=O) groups excluding carboxylic acids is 2. The molecule has 2 rings (SSSR count). The molecule has 1 heterocycles. The molecule has 0 bridgehead atoms. The smallest absolute Gasteiger partial charge is 0.269 e. The highest BCUT2D eigenvalue weighted by Crippen LogP contribution is 2.38. The Labute approximate surface area is 179 Å². The monoisotopic (exact) mass is 440 g/mol. The largest absolute Gasteiger partial charge is 0.493 e. The Morgan fingerprint density at radius 2 is 1.50 bits per heavy atom. The third kappa shape index (κ3) is 5.06. The van der Waals surface area contributed by atoms with Crippen LogP contribution >= 0.6 is 0 Å². The summed E-state index contributed by atoms with van der Waals surface area (Å²) in [6.45, 7) is 8.80. The lowest BCUT2D eigenvalue weighted by atomic mass is 10.1. The average Bonchev–Trinajstić information content (AvgIpc) is 2.86. The van der Waals surface area contributed by atoms with Gasteiger partial charge in [0.15, 0.2) is 11.5 Å². The summed E-state index contributed by atoms with van der Waals surface area (Å²) in [6, 6.07) is 2.61. The lowest BCUT2D eigenvalue weighted by Gasteiger charge is -2.26. The topological polar surface area (TPSA) is 93.2 Å². The molecule has 8 nitrogen and oxygen atoms in total. The molecule has 2 amide bonds. The van der Waals surface area contributed by atoms with Crippen molar-refractivity contribution in [2.75, 3.05) is 33.9 Å². The summed E-state index contributed by atoms with van der Waals surface area (Å²) in [5.41, 5.74) is -0.0173. The molecule has 0 unspecified atom stereocenters. The van der Waals surface area contributed by atoms with Crippen LogP contribution in [0.3, 0.4) is 0 Å². The van der Waals surface area contributed by atoms with Crippen molar-refractivity contribution >= 4 is 21.8 Å². The molecule has 0 fully saturated rings. The minimum atomic E-state index is -4.14. The average molecular weight is 441 g/mol. The minimum absolute atomic E-state index is 0.0173. The van der Waals surface area contributed by atoms with E-state index in [-0.39, 0.29) is 27.9 Å². The van der Waals surface area contributed by atoms with Crippen molar-refractivity contribution in [2.24, 2.45) is 11.8 Å². The number of hydrogen-bond acceptors (Lipinski definition) is 6. The second-order valence-corrected chi connectivity index (χ2v) is 10.1. The van der Waals surface area contributed by atoms with Gasteiger partial charge in [-0.15, -0.1) is 0 Å². The van der Waals surface area contributed by atoms with E-state index in [1.165, 1.54) is 26.4 Å². The van der Waals surface area contributed by atoms with Crippen LogP contribution in [0.2, 0.25) is 0 Å². The minimum Gasteiger partial charge on any atom is -0.493 e. The fraction of sp³-hybridized carbons (Fsp3) is 0.619. The third-order valence-electron chi connectivity index (χ3n) is 5.10. The summed E-state index contributed by atoms with van der Waals surface area (Å²) >= 11 is 0. The molecule has 0 atom stereocenters. The summed E-state index contributed by atoms with van der Waals surface area (Å²) in [4.78, 5) is 27.3. The highest BCUT2D eigenvalue weighted by atomic mass is 32.2. The maximum Gasteiger partial charge on any atom is 0.269 e. The summed E-state index contributed by atoms with van der Waals surface area (Å²) in [6.07, 6.45) is 1.61. The standard InChI is InChI=1S/C21H32N2O6S/c1-14(2)7-9-22(10-8-15(3)4)20(24)13-23-21(25)16-11-17(28-5)18(29-6)12-19(16)30(23,26)27/h11-12,14-15H,7-10,13H2,1-6H3. The number of benzene rings is 1. The van der Waals surface area contributed by atoms with E-state index in [2.05, 4.69) is 27.7 Å². The number of hydrogen-bond donors (Lipinski definition) is 0. The first-order valence-corrected chi connectivity index (χ1v) is 11.6. The molecule has 0 N–H and O–H groups in total. The van der Waals surface area contributed by atoms with Gasteiger partial charge in [-0.25, -0.2) is 12.7 Å². The van der Waals surface area contributed by atoms with Crippen LogP contribution < -0.4 is 9.47 Å². The summed E-state index contributed by atoms with van der Waals surface area (Å²) in [5.74, 6) is 0.160. The molecule has 0 aromatic heterocycles. The first kappa shape index (κ1) is 24.0. The molecule has 30 heavy (non-hydrogen) atoms. The maximum atomic E-state index is 13.0. The zero-order valence-corrected chi connectivity index (χ0v) is 19.4. The summed E-state index contributed by atoms with van der Waals surface area (Å²) in [5, 5.41) is 0. The van der Waals surface area contributed by atoms with Crippen molar-refractivity contribution in [3.63, 3.8) is 0 Å². The molecule has 0 saturated heterocycles. The first-order valence-electron chi connectivity index (χ1n) is 10.1. The number of sulfonamides is 1. The van der Waals surface area contributed by atoms with Gasteiger partial charge in [-0.1, -0.05) is 27.7 Å². The van der Waals surface area contributed by atoms with Crippen LogP contribution in [0.25, 0.3) is 0 Å². The van der Waals surface area contributed by atoms with Crippen LogP contribution in [0.5, 0.6) is 11.5 Å². The van der Waals surface area contributed by atoms with E-state index in [0.29, 0.717) is 29.2 Å². The number of fused-ring (bicyclic) bond motifs is 1. The Balaban J connectivity index is 2.29. The first-order chi connectivity index (χ1) is 14.0. The van der Waals surface area contributed by atoms with Gasteiger partial charge in [0.1, 0.15) is 11.4 Å². The van der Waals surface area contributed by atoms with Crippen LogP contribution in [-0.2, 0) is 14.8 Å². The van der Waals surface area contributed by atoms with Crippen molar-refractivity contribution in [1.82, 2.24) is 9.21 Å². The van der Waals surface area contributed by atoms with Crippen LogP contribution in [-0.4, -0.2) is 63.3 Å². The second kappa shape index (κ2) is 9.68. The summed E-state index contributed by atoms with van der Waals surface area (Å²) in [7, 11) is -1.35. The Bertz CT molecular complexity index is 883. The van der Waals surface area contributed by atoms with E-state index < -0.39 is 22.5 Å². The van der Waals surface area contributed by atoms with Crippen molar-refractivity contribution in [3.8, 4) is 11.5 Å². The molecule has 1 aromatic carbocycles. The lowest BCUT2D eigenvalue weighted by molar-refractivity contribution is -0.131. The maximum absolute atomic E-state index is 13.0. The lowest BCUT2D eigenvalue weighted by Crippen LogP contribution is -2.43. The number of ether oxygens (including phenoxy) is 2. The van der Waals surface area contributed by atoms with Crippen LogP contribution in [0.1, 0.15) is 50.9 Å². The van der Waals surface area contributed by atoms with Crippen molar-refractivity contribution in [1.29, 1.82) is 0 Å². The van der Waals surface area contributed by atoms with E-state index in [1.54, 1.807) is 4.90 Å². The Morgan fingerprint density at radius 3 is 1.97 bits per heavy atom. The van der Waals surface area contributed by atoms with Crippen LogP contribution in [0, 0.1) is 11.8 Å². The highest BCUT2D eigenvalue weighted by molar-refractivity contribution is 7.90. The van der Waals surface area contributed by atoms with Gasteiger partial charge in [-0.3, -0.25) is 9.59 Å². The number of carbonyl (C=O) groups is 2. The molecule has 9 heteroatoms. The normalized spacial score (nSPS) is 14.9. The van der Waals surface area contributed by atoms with Gasteiger partial charge >= 0.3 is 0 Å². The molecule has 0 saturated carbocycles. The van der Waals surface area contributed by atoms with Gasteiger partial charge in [-0.05, 0) is 30.7 Å². The van der Waals surface area contributed by atoms with Gasteiger partial charge in [0.25, 0.3) is 15.9 Å². The number of nitrogens with zero attached hydrogens (tertiary/aromatic N) is 2. The predicted octanol–water partition coefficient (Wildman–Crippen LogP) is 2.77. The fourth-order valence-corrected chi connectivity index (χ4v) is 4.69. The zero-order chi connectivity index (χ0) is 22.6. The van der Waals surface area contributed by atoms with Gasteiger partial charge in [-0.2, -0.15) is 0 Å². The Morgan fingerprint density at radius 1 is 1.00 bits per heavy atom. The molecule has 168 valence electrons. The summed E-state index contributed by atoms with van der Waals surface area (Å²) < 4.78 is 37.0. The van der Waals surface area contributed by atoms with E-state index >= 15 is 0 Å². The number of methoxy groups -OCH3 is 2. The Hall–Kier alpha value is -2.29. The second-order valence-electron chi connectivity index (χ2n) is 8.27. The van der Waals surface area contributed by atoms with Crippen molar-refractivity contribution < 1.29 is 27.5 Å².